The van der Waals surface area contributed by atoms with Gasteiger partial charge in [0.05, 0.1) is 6.07 Å². The molecule has 0 atom stereocenters. The fraction of sp³-hybridized carbons (Fsp3) is 0.909. The van der Waals surface area contributed by atoms with Gasteiger partial charge in [-0.25, -0.2) is 0 Å². The van der Waals surface area contributed by atoms with Gasteiger partial charge in [-0.1, -0.05) is 13.8 Å². The molecule has 0 amide bonds. The molecule has 2 bridgehead atoms. The molecule has 1 aliphatic carbocycles. The van der Waals surface area contributed by atoms with Crippen LogP contribution in [-0.2, 0) is 0 Å². The van der Waals surface area contributed by atoms with Gasteiger partial charge in [0.2, 0.25) is 0 Å². The maximum absolute atomic E-state index is 9.18. The normalized spacial score (nSPS) is 38.5. The third kappa shape index (κ3) is 1.36. The van der Waals surface area contributed by atoms with E-state index in [0.29, 0.717) is 5.92 Å². The SMILES string of the molecule is CC(C)CN1CCC2CC1(C#N)C2. The Bertz CT molecular complexity index is 233. The van der Waals surface area contributed by atoms with E-state index < -0.39 is 0 Å². The van der Waals surface area contributed by atoms with Crippen molar-refractivity contribution in [1.82, 2.24) is 4.90 Å². The molecule has 0 unspecified atom stereocenters. The van der Waals surface area contributed by atoms with E-state index in [0.717, 1.165) is 31.8 Å². The van der Waals surface area contributed by atoms with Crippen LogP contribution in [0.4, 0.5) is 0 Å². The summed E-state index contributed by atoms with van der Waals surface area (Å²) < 4.78 is 0. The van der Waals surface area contributed by atoms with Gasteiger partial charge in [-0.05, 0) is 37.6 Å². The number of nitrogens with zero attached hydrogens (tertiary/aromatic N) is 2. The second-order valence-corrected chi connectivity index (χ2v) is 5.05. The van der Waals surface area contributed by atoms with Crippen LogP contribution >= 0.6 is 0 Å². The van der Waals surface area contributed by atoms with Gasteiger partial charge in [0, 0.05) is 6.54 Å². The summed E-state index contributed by atoms with van der Waals surface area (Å²) >= 11 is 0. The van der Waals surface area contributed by atoms with E-state index in [2.05, 4.69) is 24.8 Å². The number of nitriles is 1. The molecule has 0 aromatic rings. The predicted molar refractivity (Wildman–Crippen MR) is 52.1 cm³/mol. The van der Waals surface area contributed by atoms with E-state index in [1.807, 2.05) is 0 Å². The Morgan fingerprint density at radius 2 is 2.23 bits per heavy atom. The molecule has 2 nitrogen and oxygen atoms in total. The van der Waals surface area contributed by atoms with Crippen LogP contribution in [0.1, 0.15) is 33.1 Å². The molecule has 2 aliphatic heterocycles. The summed E-state index contributed by atoms with van der Waals surface area (Å²) in [6, 6.07) is 2.53. The molecule has 3 fully saturated rings. The van der Waals surface area contributed by atoms with Gasteiger partial charge < -0.3 is 0 Å². The number of hydrogen-bond acceptors (Lipinski definition) is 2. The van der Waals surface area contributed by atoms with Crippen molar-refractivity contribution >= 4 is 0 Å². The van der Waals surface area contributed by atoms with Gasteiger partial charge >= 0.3 is 0 Å². The van der Waals surface area contributed by atoms with Crippen molar-refractivity contribution in [2.24, 2.45) is 11.8 Å². The van der Waals surface area contributed by atoms with Crippen molar-refractivity contribution in [3.8, 4) is 6.07 Å². The molecule has 13 heavy (non-hydrogen) atoms. The number of rotatable bonds is 2. The average Bonchev–Trinajstić information content (AvgIpc) is 2.02. The number of hydrogen-bond donors (Lipinski definition) is 0. The van der Waals surface area contributed by atoms with Crippen LogP contribution in [0.15, 0.2) is 0 Å². The molecular weight excluding hydrogens is 160 g/mol. The zero-order valence-corrected chi connectivity index (χ0v) is 8.58. The molecule has 2 saturated heterocycles. The summed E-state index contributed by atoms with van der Waals surface area (Å²) in [5, 5.41) is 9.18. The first-order valence-electron chi connectivity index (χ1n) is 5.32. The van der Waals surface area contributed by atoms with Crippen LogP contribution in [-0.4, -0.2) is 23.5 Å². The van der Waals surface area contributed by atoms with E-state index in [4.69, 9.17) is 0 Å². The monoisotopic (exact) mass is 178 g/mol. The van der Waals surface area contributed by atoms with E-state index in [9.17, 15) is 5.26 Å². The highest BCUT2D eigenvalue weighted by atomic mass is 15.2. The minimum atomic E-state index is -0.0484. The van der Waals surface area contributed by atoms with E-state index in [-0.39, 0.29) is 5.54 Å². The zero-order chi connectivity index (χ0) is 9.47. The summed E-state index contributed by atoms with van der Waals surface area (Å²) in [6.07, 6.45) is 3.59. The number of fused-ring (bicyclic) bond motifs is 2. The molecule has 1 saturated carbocycles. The minimum absolute atomic E-state index is 0.0484. The first-order valence-corrected chi connectivity index (χ1v) is 5.32. The lowest BCUT2D eigenvalue weighted by Gasteiger charge is -2.55. The lowest BCUT2D eigenvalue weighted by Crippen LogP contribution is -2.62. The Kier molecular flexibility index (Phi) is 2.08. The highest BCUT2D eigenvalue weighted by molar-refractivity contribution is 5.19. The average molecular weight is 178 g/mol. The summed E-state index contributed by atoms with van der Waals surface area (Å²) in [5.41, 5.74) is -0.0484. The van der Waals surface area contributed by atoms with E-state index >= 15 is 0 Å². The quantitative estimate of drug-likeness (QED) is 0.647. The van der Waals surface area contributed by atoms with Gasteiger partial charge in [0.25, 0.3) is 0 Å². The summed E-state index contributed by atoms with van der Waals surface area (Å²) in [5.74, 6) is 1.55. The maximum atomic E-state index is 9.18. The molecule has 2 heterocycles. The Morgan fingerprint density at radius 3 is 2.77 bits per heavy atom. The van der Waals surface area contributed by atoms with Crippen LogP contribution < -0.4 is 0 Å². The van der Waals surface area contributed by atoms with Crippen LogP contribution in [0.5, 0.6) is 0 Å². The molecule has 72 valence electrons. The molecule has 0 N–H and O–H groups in total. The summed E-state index contributed by atoms with van der Waals surface area (Å²) in [4.78, 5) is 2.41. The first kappa shape index (κ1) is 9.02. The lowest BCUT2D eigenvalue weighted by atomic mass is 9.63. The standard InChI is InChI=1S/C11H18N2/c1-9(2)7-13-4-3-10-5-11(13,6-10)8-12/h9-10H,3-7H2,1-2H3. The van der Waals surface area contributed by atoms with Crippen molar-refractivity contribution in [2.45, 2.75) is 38.6 Å². The second-order valence-electron chi connectivity index (χ2n) is 5.05. The van der Waals surface area contributed by atoms with Gasteiger partial charge in [0.1, 0.15) is 5.54 Å². The fourth-order valence-electron chi connectivity index (χ4n) is 2.78. The Morgan fingerprint density at radius 1 is 1.54 bits per heavy atom. The number of piperidine rings is 2. The molecule has 0 radical (unpaired) electrons. The minimum Gasteiger partial charge on any atom is -0.285 e. The lowest BCUT2D eigenvalue weighted by molar-refractivity contribution is -0.0434. The van der Waals surface area contributed by atoms with Crippen LogP contribution in [0.2, 0.25) is 0 Å². The van der Waals surface area contributed by atoms with Gasteiger partial charge in [0.15, 0.2) is 0 Å². The Balaban J connectivity index is 2.05. The summed E-state index contributed by atoms with van der Waals surface area (Å²) in [7, 11) is 0. The molecule has 3 aliphatic rings. The molecule has 0 aromatic carbocycles. The molecule has 0 aromatic heterocycles. The van der Waals surface area contributed by atoms with Crippen LogP contribution in [0.25, 0.3) is 0 Å². The van der Waals surface area contributed by atoms with Crippen LogP contribution in [0, 0.1) is 23.2 Å². The van der Waals surface area contributed by atoms with Crippen LogP contribution in [0.3, 0.4) is 0 Å². The topological polar surface area (TPSA) is 27.0 Å². The highest BCUT2D eigenvalue weighted by Crippen LogP contribution is 2.48. The van der Waals surface area contributed by atoms with Gasteiger partial charge in [-0.3, -0.25) is 4.90 Å². The third-order valence-electron chi connectivity index (χ3n) is 3.46. The Labute approximate surface area is 80.5 Å². The van der Waals surface area contributed by atoms with Crippen molar-refractivity contribution in [3.63, 3.8) is 0 Å². The van der Waals surface area contributed by atoms with E-state index in [1.165, 1.54) is 6.42 Å². The predicted octanol–water partition coefficient (Wildman–Crippen LogP) is 2.02. The summed E-state index contributed by atoms with van der Waals surface area (Å²) in [6.45, 7) is 6.71. The van der Waals surface area contributed by atoms with Gasteiger partial charge in [-0.2, -0.15) is 5.26 Å². The van der Waals surface area contributed by atoms with Crippen molar-refractivity contribution < 1.29 is 0 Å². The molecule has 3 rings (SSSR count). The largest absolute Gasteiger partial charge is 0.285 e. The molecule has 0 spiro atoms. The van der Waals surface area contributed by atoms with Crippen molar-refractivity contribution in [2.75, 3.05) is 13.1 Å². The molecular formula is C11H18N2. The van der Waals surface area contributed by atoms with E-state index in [1.54, 1.807) is 0 Å². The first-order chi connectivity index (χ1) is 6.16. The zero-order valence-electron chi connectivity index (χ0n) is 8.58. The Hall–Kier alpha value is -0.550. The molecule has 2 heteroatoms. The smallest absolute Gasteiger partial charge is 0.109 e. The fourth-order valence-corrected chi connectivity index (χ4v) is 2.78. The highest BCUT2D eigenvalue weighted by Gasteiger charge is 2.52. The second kappa shape index (κ2) is 2.99. The van der Waals surface area contributed by atoms with Gasteiger partial charge in [-0.15, -0.1) is 0 Å². The van der Waals surface area contributed by atoms with Crippen molar-refractivity contribution in [3.05, 3.63) is 0 Å². The van der Waals surface area contributed by atoms with Crippen molar-refractivity contribution in [1.29, 1.82) is 5.26 Å². The third-order valence-corrected chi connectivity index (χ3v) is 3.46. The maximum Gasteiger partial charge on any atom is 0.109 e.